The highest BCUT2D eigenvalue weighted by Crippen LogP contribution is 2.50. The van der Waals surface area contributed by atoms with E-state index in [2.05, 4.69) is 156 Å². The Morgan fingerprint density at radius 1 is 0.574 bits per heavy atom. The average molecular weight is 617 g/mol. The van der Waals surface area contributed by atoms with Gasteiger partial charge in [-0.25, -0.2) is 0 Å². The van der Waals surface area contributed by atoms with E-state index in [1.54, 1.807) is 0 Å². The van der Waals surface area contributed by atoms with Crippen molar-refractivity contribution < 1.29 is 4.74 Å². The van der Waals surface area contributed by atoms with Crippen molar-refractivity contribution in [2.24, 2.45) is 0 Å². The van der Waals surface area contributed by atoms with Crippen molar-refractivity contribution >= 4 is 22.7 Å². The maximum absolute atomic E-state index is 5.50. The summed E-state index contributed by atoms with van der Waals surface area (Å²) in [5, 5.41) is 0. The molecule has 3 nitrogen and oxygen atoms in total. The first-order valence-corrected chi connectivity index (χ1v) is 17.6. The van der Waals surface area contributed by atoms with Crippen LogP contribution in [0.15, 0.2) is 145 Å². The topological polar surface area (TPSA) is 15.7 Å². The maximum atomic E-state index is 5.50. The monoisotopic (exact) mass is 616 g/mol. The first-order chi connectivity index (χ1) is 23.3. The molecule has 3 unspecified atom stereocenters. The Labute approximate surface area is 280 Å². The zero-order chi connectivity index (χ0) is 31.6. The Morgan fingerprint density at radius 2 is 1.15 bits per heavy atom. The standard InChI is InChI=1S/C44H44N2O/c1-2-47-30-12-4-3-5-13-32-20-29-44-40(31-32)39-16-8-11-19-43(39)46(44)36-27-23-34(24-28-36)33-21-25-35(26-22-33)45-41-17-9-6-14-37(41)38-15-7-10-18-42(38)45/h6-11,14-29,31,37,40-41,44H,2-5,12-13,30H2,1H3/t37-,40?,41?,44?/m0/s1. The van der Waals surface area contributed by atoms with Gasteiger partial charge in [0, 0.05) is 47.8 Å². The average Bonchev–Trinajstić information content (AvgIpc) is 3.64. The molecule has 0 aromatic heterocycles. The molecule has 0 bridgehead atoms. The maximum Gasteiger partial charge on any atom is 0.0629 e. The predicted octanol–water partition coefficient (Wildman–Crippen LogP) is 11.2. The van der Waals surface area contributed by atoms with E-state index in [4.69, 9.17) is 4.74 Å². The van der Waals surface area contributed by atoms with E-state index in [9.17, 15) is 0 Å². The molecule has 0 saturated carbocycles. The van der Waals surface area contributed by atoms with Crippen LogP contribution in [0.5, 0.6) is 0 Å². The van der Waals surface area contributed by atoms with Gasteiger partial charge in [-0.2, -0.15) is 0 Å². The Morgan fingerprint density at radius 3 is 1.81 bits per heavy atom. The third-order valence-corrected chi connectivity index (χ3v) is 10.4. The highest BCUT2D eigenvalue weighted by atomic mass is 16.5. The van der Waals surface area contributed by atoms with E-state index in [-0.39, 0.29) is 0 Å². The minimum atomic E-state index is 0.309. The molecule has 0 saturated heterocycles. The van der Waals surface area contributed by atoms with Gasteiger partial charge in [0.15, 0.2) is 0 Å². The van der Waals surface area contributed by atoms with E-state index in [0.29, 0.717) is 23.9 Å². The van der Waals surface area contributed by atoms with Crippen molar-refractivity contribution in [3.05, 3.63) is 156 Å². The van der Waals surface area contributed by atoms with E-state index in [0.717, 1.165) is 19.6 Å². The molecule has 3 heteroatoms. The second-order valence-electron chi connectivity index (χ2n) is 13.2. The number of nitrogens with zero attached hydrogens (tertiary/aromatic N) is 2. The van der Waals surface area contributed by atoms with Gasteiger partial charge in [0.25, 0.3) is 0 Å². The zero-order valence-electron chi connectivity index (χ0n) is 27.3. The minimum Gasteiger partial charge on any atom is -0.382 e. The van der Waals surface area contributed by atoms with Crippen LogP contribution in [-0.2, 0) is 4.74 Å². The number of benzene rings is 4. The number of hydrogen-bond donors (Lipinski definition) is 0. The van der Waals surface area contributed by atoms with Crippen molar-refractivity contribution in [3.63, 3.8) is 0 Å². The molecular formula is C44H44N2O. The zero-order valence-corrected chi connectivity index (χ0v) is 27.3. The van der Waals surface area contributed by atoms with Gasteiger partial charge < -0.3 is 14.5 Å². The lowest BCUT2D eigenvalue weighted by Crippen LogP contribution is -2.29. The first kappa shape index (κ1) is 29.8. The van der Waals surface area contributed by atoms with Crippen LogP contribution >= 0.6 is 0 Å². The Bertz CT molecular complexity index is 1830. The predicted molar refractivity (Wildman–Crippen MR) is 197 cm³/mol. The number of anilines is 4. The summed E-state index contributed by atoms with van der Waals surface area (Å²) in [7, 11) is 0. The Hall–Kier alpha value is -4.60. The minimum absolute atomic E-state index is 0.309. The lowest BCUT2D eigenvalue weighted by atomic mass is 9.87. The highest BCUT2D eigenvalue weighted by Gasteiger charge is 2.38. The summed E-state index contributed by atoms with van der Waals surface area (Å²) in [5.74, 6) is 0.794. The van der Waals surface area contributed by atoms with Gasteiger partial charge in [-0.15, -0.1) is 0 Å². The van der Waals surface area contributed by atoms with E-state index in [1.165, 1.54) is 76.3 Å². The SMILES string of the molecule is CCOCCCCCCC1=CC2c3ccccc3N(c3ccc(-c4ccc(N5c6ccccc6[C@@H]6C=CC=CC65)cc4)cc3)C2C=C1. The van der Waals surface area contributed by atoms with Crippen LogP contribution in [-0.4, -0.2) is 25.3 Å². The number of fused-ring (bicyclic) bond motifs is 6. The lowest BCUT2D eigenvalue weighted by molar-refractivity contribution is 0.143. The van der Waals surface area contributed by atoms with Crippen molar-refractivity contribution in [1.82, 2.24) is 0 Å². The second kappa shape index (κ2) is 13.3. The summed E-state index contributed by atoms with van der Waals surface area (Å²) in [5.41, 5.74) is 11.9. The molecular weight excluding hydrogens is 572 g/mol. The summed E-state index contributed by atoms with van der Waals surface area (Å²) in [6.07, 6.45) is 22.5. The number of hydrogen-bond acceptors (Lipinski definition) is 3. The van der Waals surface area contributed by atoms with Crippen molar-refractivity contribution in [2.45, 2.75) is 62.9 Å². The van der Waals surface area contributed by atoms with Gasteiger partial charge in [-0.3, -0.25) is 0 Å². The van der Waals surface area contributed by atoms with Crippen LogP contribution in [0.1, 0.15) is 62.0 Å². The number of allylic oxidation sites excluding steroid dienone is 4. The van der Waals surface area contributed by atoms with Crippen LogP contribution in [0.2, 0.25) is 0 Å². The highest BCUT2D eigenvalue weighted by molar-refractivity contribution is 5.79. The molecule has 4 aromatic rings. The molecule has 4 atom stereocenters. The van der Waals surface area contributed by atoms with Crippen LogP contribution in [0, 0.1) is 0 Å². The van der Waals surface area contributed by atoms with Crippen molar-refractivity contribution in [1.29, 1.82) is 0 Å². The van der Waals surface area contributed by atoms with Gasteiger partial charge in [0.05, 0.1) is 12.1 Å². The fraction of sp³-hybridized carbons (Fsp3) is 0.273. The normalized spacial score (nSPS) is 21.8. The molecule has 4 aliphatic rings. The molecule has 0 radical (unpaired) electrons. The summed E-state index contributed by atoms with van der Waals surface area (Å²) >= 11 is 0. The van der Waals surface area contributed by atoms with Crippen LogP contribution in [0.4, 0.5) is 22.7 Å². The summed E-state index contributed by atoms with van der Waals surface area (Å²) in [4.78, 5) is 5.04. The Balaban J connectivity index is 0.978. The molecule has 0 fully saturated rings. The van der Waals surface area contributed by atoms with Gasteiger partial charge >= 0.3 is 0 Å². The van der Waals surface area contributed by atoms with E-state index >= 15 is 0 Å². The van der Waals surface area contributed by atoms with E-state index in [1.807, 2.05) is 0 Å². The summed E-state index contributed by atoms with van der Waals surface area (Å²) in [6, 6.07) is 36.8. The van der Waals surface area contributed by atoms with Crippen LogP contribution in [0.3, 0.4) is 0 Å². The lowest BCUT2D eigenvalue weighted by Gasteiger charge is -2.30. The molecule has 8 rings (SSSR count). The third kappa shape index (κ3) is 5.68. The quantitative estimate of drug-likeness (QED) is 0.156. The van der Waals surface area contributed by atoms with Crippen molar-refractivity contribution in [3.8, 4) is 11.1 Å². The van der Waals surface area contributed by atoms with Gasteiger partial charge in [-0.1, -0.05) is 122 Å². The fourth-order valence-corrected chi connectivity index (χ4v) is 8.12. The Kier molecular flexibility index (Phi) is 8.40. The smallest absolute Gasteiger partial charge is 0.0629 e. The third-order valence-electron chi connectivity index (χ3n) is 10.4. The number of para-hydroxylation sites is 2. The molecule has 2 aliphatic carbocycles. The largest absolute Gasteiger partial charge is 0.382 e. The van der Waals surface area contributed by atoms with Crippen LogP contribution in [0.25, 0.3) is 11.1 Å². The molecule has 0 spiro atoms. The van der Waals surface area contributed by atoms with Crippen LogP contribution < -0.4 is 9.80 Å². The molecule has 4 aromatic carbocycles. The molecule has 0 amide bonds. The second-order valence-corrected chi connectivity index (χ2v) is 13.2. The van der Waals surface area contributed by atoms with Gasteiger partial charge in [0.2, 0.25) is 0 Å². The molecule has 2 aliphatic heterocycles. The molecule has 2 heterocycles. The van der Waals surface area contributed by atoms with Gasteiger partial charge in [-0.05, 0) is 84.8 Å². The van der Waals surface area contributed by atoms with Gasteiger partial charge in [0.1, 0.15) is 0 Å². The first-order valence-electron chi connectivity index (χ1n) is 17.6. The number of rotatable bonds is 11. The summed E-state index contributed by atoms with van der Waals surface area (Å²) in [6.45, 7) is 3.79. The van der Waals surface area contributed by atoms with E-state index < -0.39 is 0 Å². The summed E-state index contributed by atoms with van der Waals surface area (Å²) < 4.78 is 5.50. The number of unbranched alkanes of at least 4 members (excludes halogenated alkanes) is 3. The molecule has 0 N–H and O–H groups in total. The fourth-order valence-electron chi connectivity index (χ4n) is 8.12. The van der Waals surface area contributed by atoms with Crippen molar-refractivity contribution in [2.75, 3.05) is 23.0 Å². The number of ether oxygens (including phenoxy) is 1. The molecule has 236 valence electrons. The molecule has 47 heavy (non-hydrogen) atoms.